The minimum Gasteiger partial charge on any atom is -0.373 e. The third kappa shape index (κ3) is 1.31. The lowest BCUT2D eigenvalue weighted by atomic mass is 10.1. The van der Waals surface area contributed by atoms with Crippen molar-refractivity contribution < 1.29 is 4.79 Å². The maximum absolute atomic E-state index is 10.8. The number of nitrogens with zero attached hydrogens (tertiary/aromatic N) is 1. The molecule has 0 saturated carbocycles. The molecule has 0 bridgehead atoms. The van der Waals surface area contributed by atoms with Gasteiger partial charge in [0.2, 0.25) is 0 Å². The summed E-state index contributed by atoms with van der Waals surface area (Å²) < 4.78 is 0. The molecule has 0 N–H and O–H groups in total. The van der Waals surface area contributed by atoms with Crippen LogP contribution in [0.3, 0.4) is 0 Å². The van der Waals surface area contributed by atoms with Crippen molar-refractivity contribution in [2.75, 3.05) is 18.5 Å². The van der Waals surface area contributed by atoms with Crippen LogP contribution in [0, 0.1) is 0 Å². The fourth-order valence-electron chi connectivity index (χ4n) is 1.82. The molecule has 1 aromatic rings. The SMILES string of the molecule is CN1CCc2cc(Cl)cc(C=O)c21. The summed E-state index contributed by atoms with van der Waals surface area (Å²) in [5, 5.41) is 0.649. The molecule has 1 heterocycles. The molecule has 2 nitrogen and oxygen atoms in total. The van der Waals surface area contributed by atoms with Gasteiger partial charge in [0.05, 0.1) is 5.69 Å². The number of anilines is 1. The second kappa shape index (κ2) is 3.04. The Balaban J connectivity index is 2.64. The number of halogens is 1. The van der Waals surface area contributed by atoms with Gasteiger partial charge < -0.3 is 4.90 Å². The van der Waals surface area contributed by atoms with Crippen LogP contribution < -0.4 is 4.90 Å². The van der Waals surface area contributed by atoms with Gasteiger partial charge in [0, 0.05) is 24.2 Å². The summed E-state index contributed by atoms with van der Waals surface area (Å²) >= 11 is 5.88. The van der Waals surface area contributed by atoms with Gasteiger partial charge in [-0.15, -0.1) is 0 Å². The second-order valence-electron chi connectivity index (χ2n) is 3.29. The maximum Gasteiger partial charge on any atom is 0.152 e. The van der Waals surface area contributed by atoms with Gasteiger partial charge >= 0.3 is 0 Å². The Bertz CT molecular complexity index is 362. The lowest BCUT2D eigenvalue weighted by molar-refractivity contribution is 0.112. The molecule has 0 fully saturated rings. The van der Waals surface area contributed by atoms with E-state index in [2.05, 4.69) is 4.90 Å². The maximum atomic E-state index is 10.8. The van der Waals surface area contributed by atoms with Crippen molar-refractivity contribution in [1.82, 2.24) is 0 Å². The molecular formula is C10H10ClNO. The zero-order valence-corrected chi connectivity index (χ0v) is 8.14. The van der Waals surface area contributed by atoms with Crippen molar-refractivity contribution in [2.45, 2.75) is 6.42 Å². The zero-order valence-electron chi connectivity index (χ0n) is 7.38. The molecule has 1 aliphatic rings. The molecule has 68 valence electrons. The van der Waals surface area contributed by atoms with Crippen molar-refractivity contribution >= 4 is 23.6 Å². The lowest BCUT2D eigenvalue weighted by Crippen LogP contribution is -2.14. The van der Waals surface area contributed by atoms with Gasteiger partial charge in [-0.25, -0.2) is 0 Å². The summed E-state index contributed by atoms with van der Waals surface area (Å²) in [5.41, 5.74) is 2.92. The van der Waals surface area contributed by atoms with Crippen LogP contribution in [0.4, 0.5) is 5.69 Å². The molecule has 13 heavy (non-hydrogen) atoms. The third-order valence-electron chi connectivity index (χ3n) is 2.41. The average Bonchev–Trinajstić information content (AvgIpc) is 2.46. The molecule has 0 aromatic heterocycles. The van der Waals surface area contributed by atoms with Crippen LogP contribution in [-0.2, 0) is 6.42 Å². The Kier molecular flexibility index (Phi) is 2.00. The van der Waals surface area contributed by atoms with Gasteiger partial charge in [-0.1, -0.05) is 11.6 Å². The van der Waals surface area contributed by atoms with E-state index < -0.39 is 0 Å². The smallest absolute Gasteiger partial charge is 0.152 e. The van der Waals surface area contributed by atoms with E-state index in [1.54, 1.807) is 6.07 Å². The van der Waals surface area contributed by atoms with E-state index in [1.165, 1.54) is 5.56 Å². The molecule has 0 saturated heterocycles. The van der Waals surface area contributed by atoms with Gasteiger partial charge in [0.25, 0.3) is 0 Å². The van der Waals surface area contributed by atoms with Crippen molar-refractivity contribution in [1.29, 1.82) is 0 Å². The van der Waals surface area contributed by atoms with Crippen molar-refractivity contribution in [3.05, 3.63) is 28.3 Å². The number of hydrogen-bond donors (Lipinski definition) is 0. The minimum absolute atomic E-state index is 0.649. The van der Waals surface area contributed by atoms with Crippen LogP contribution in [0.5, 0.6) is 0 Å². The van der Waals surface area contributed by atoms with Crippen molar-refractivity contribution in [2.24, 2.45) is 0 Å². The molecule has 0 amide bonds. The number of likely N-dealkylation sites (N-methyl/N-ethyl adjacent to an activating group) is 1. The van der Waals surface area contributed by atoms with Crippen molar-refractivity contribution in [3.63, 3.8) is 0 Å². The fraction of sp³-hybridized carbons (Fsp3) is 0.300. The van der Waals surface area contributed by atoms with Crippen LogP contribution in [0.25, 0.3) is 0 Å². The normalized spacial score (nSPS) is 14.5. The molecular weight excluding hydrogens is 186 g/mol. The lowest BCUT2D eigenvalue weighted by Gasteiger charge is -2.13. The van der Waals surface area contributed by atoms with Crippen molar-refractivity contribution in [3.8, 4) is 0 Å². The topological polar surface area (TPSA) is 20.3 Å². The molecule has 1 aliphatic heterocycles. The highest BCUT2D eigenvalue weighted by atomic mass is 35.5. The van der Waals surface area contributed by atoms with E-state index in [4.69, 9.17) is 11.6 Å². The predicted molar refractivity (Wildman–Crippen MR) is 53.8 cm³/mol. The quantitative estimate of drug-likeness (QED) is 0.640. The monoisotopic (exact) mass is 195 g/mol. The standard InChI is InChI=1S/C10H10ClNO/c1-12-3-2-7-4-9(11)5-8(6-13)10(7)12/h4-6H,2-3H2,1H3. The highest BCUT2D eigenvalue weighted by Crippen LogP contribution is 2.32. The number of benzene rings is 1. The summed E-state index contributed by atoms with van der Waals surface area (Å²) in [5.74, 6) is 0. The average molecular weight is 196 g/mol. The van der Waals surface area contributed by atoms with Crippen LogP contribution in [0.15, 0.2) is 12.1 Å². The van der Waals surface area contributed by atoms with E-state index in [-0.39, 0.29) is 0 Å². The van der Waals surface area contributed by atoms with E-state index in [9.17, 15) is 4.79 Å². The number of hydrogen-bond acceptors (Lipinski definition) is 2. The van der Waals surface area contributed by atoms with E-state index in [0.29, 0.717) is 10.6 Å². The molecule has 0 aliphatic carbocycles. The Morgan fingerprint density at radius 1 is 1.54 bits per heavy atom. The van der Waals surface area contributed by atoms with Crippen LogP contribution >= 0.6 is 11.6 Å². The fourth-order valence-corrected chi connectivity index (χ4v) is 2.07. The molecule has 1 aromatic carbocycles. The Labute approximate surface area is 82.1 Å². The minimum atomic E-state index is 0.649. The summed E-state index contributed by atoms with van der Waals surface area (Å²) in [6, 6.07) is 3.66. The second-order valence-corrected chi connectivity index (χ2v) is 3.73. The van der Waals surface area contributed by atoms with Crippen LogP contribution in [0.2, 0.25) is 5.02 Å². The summed E-state index contributed by atoms with van der Waals surface area (Å²) in [4.78, 5) is 12.9. The van der Waals surface area contributed by atoms with Gasteiger partial charge in [0.15, 0.2) is 6.29 Å². The number of aldehydes is 1. The van der Waals surface area contributed by atoms with E-state index in [1.807, 2.05) is 13.1 Å². The summed E-state index contributed by atoms with van der Waals surface area (Å²) in [7, 11) is 1.99. The number of fused-ring (bicyclic) bond motifs is 1. The molecule has 0 unspecified atom stereocenters. The van der Waals surface area contributed by atoms with Crippen LogP contribution in [0.1, 0.15) is 15.9 Å². The van der Waals surface area contributed by atoms with E-state index in [0.717, 1.165) is 24.9 Å². The number of rotatable bonds is 1. The Hall–Kier alpha value is -1.02. The predicted octanol–water partition coefficient (Wildman–Crippen LogP) is 2.14. The van der Waals surface area contributed by atoms with Crippen LogP contribution in [-0.4, -0.2) is 19.9 Å². The third-order valence-corrected chi connectivity index (χ3v) is 2.63. The first-order valence-electron chi connectivity index (χ1n) is 4.21. The van der Waals surface area contributed by atoms with Gasteiger partial charge in [-0.2, -0.15) is 0 Å². The molecule has 0 atom stereocenters. The van der Waals surface area contributed by atoms with Gasteiger partial charge in [-0.3, -0.25) is 4.79 Å². The number of carbonyl (C=O) groups is 1. The van der Waals surface area contributed by atoms with Gasteiger partial charge in [-0.05, 0) is 24.1 Å². The molecule has 2 rings (SSSR count). The molecule has 3 heteroatoms. The Morgan fingerprint density at radius 2 is 2.31 bits per heavy atom. The first-order chi connectivity index (χ1) is 6.22. The Morgan fingerprint density at radius 3 is 3.00 bits per heavy atom. The number of carbonyl (C=O) groups excluding carboxylic acids is 1. The summed E-state index contributed by atoms with van der Waals surface area (Å²) in [6.45, 7) is 0.969. The first kappa shape index (κ1) is 8.57. The highest BCUT2D eigenvalue weighted by molar-refractivity contribution is 6.31. The highest BCUT2D eigenvalue weighted by Gasteiger charge is 2.19. The first-order valence-corrected chi connectivity index (χ1v) is 4.59. The largest absolute Gasteiger partial charge is 0.373 e. The molecule has 0 spiro atoms. The molecule has 0 radical (unpaired) electrons. The zero-order chi connectivity index (χ0) is 9.42. The van der Waals surface area contributed by atoms with E-state index >= 15 is 0 Å². The van der Waals surface area contributed by atoms with Gasteiger partial charge in [0.1, 0.15) is 0 Å². The summed E-state index contributed by atoms with van der Waals surface area (Å²) in [6.07, 6.45) is 1.85.